The Morgan fingerprint density at radius 2 is 1.80 bits per heavy atom. The Bertz CT molecular complexity index is 433. The summed E-state index contributed by atoms with van der Waals surface area (Å²) in [7, 11) is 0. The van der Waals surface area contributed by atoms with Crippen LogP contribution in [0.1, 0.15) is 40.2 Å². The van der Waals surface area contributed by atoms with Gasteiger partial charge in [0.05, 0.1) is 0 Å². The predicted octanol–water partition coefficient (Wildman–Crippen LogP) is 2.21. The van der Waals surface area contributed by atoms with Crippen LogP contribution in [0.2, 0.25) is 0 Å². The summed E-state index contributed by atoms with van der Waals surface area (Å²) in [5.74, 6) is 0.347. The molecule has 4 heteroatoms. The Kier molecular flexibility index (Phi) is 5.57. The predicted molar refractivity (Wildman–Crippen MR) is 81.9 cm³/mol. The molecule has 0 fully saturated rings. The fourth-order valence-corrected chi connectivity index (χ4v) is 1.85. The van der Waals surface area contributed by atoms with E-state index < -0.39 is 11.9 Å². The highest BCUT2D eigenvalue weighted by Gasteiger charge is 2.17. The van der Waals surface area contributed by atoms with Gasteiger partial charge in [-0.15, -0.1) is 0 Å². The van der Waals surface area contributed by atoms with Gasteiger partial charge >= 0.3 is 0 Å². The summed E-state index contributed by atoms with van der Waals surface area (Å²) in [6, 6.07) is 7.65. The highest BCUT2D eigenvalue weighted by molar-refractivity contribution is 5.80. The smallest absolute Gasteiger partial charge is 0.238 e. The number of nitrogens with one attached hydrogen (secondary N) is 1. The second-order valence-corrected chi connectivity index (χ2v) is 6.36. The minimum atomic E-state index is -0.475. The second-order valence-electron chi connectivity index (χ2n) is 6.36. The van der Waals surface area contributed by atoms with Crippen molar-refractivity contribution in [2.75, 3.05) is 6.61 Å². The van der Waals surface area contributed by atoms with E-state index >= 15 is 0 Å². The number of amides is 1. The standard InChI is InChI=1S/C16H26N2O2/c1-11(2)18-14(15(17)19)10-20-13-8-6-12(7-9-13)16(3,4)5/h6-9,11,14,18H,10H2,1-5H3,(H2,17,19). The molecule has 1 aromatic rings. The summed E-state index contributed by atoms with van der Waals surface area (Å²) in [6.45, 7) is 10.7. The molecule has 1 rings (SSSR count). The largest absolute Gasteiger partial charge is 0.491 e. The molecule has 0 spiro atoms. The zero-order valence-electron chi connectivity index (χ0n) is 13.1. The molecule has 0 aliphatic heterocycles. The van der Waals surface area contributed by atoms with Gasteiger partial charge in [0.1, 0.15) is 18.4 Å². The molecule has 4 nitrogen and oxygen atoms in total. The van der Waals surface area contributed by atoms with Crippen LogP contribution in [0.25, 0.3) is 0 Å². The van der Waals surface area contributed by atoms with Gasteiger partial charge in [0.2, 0.25) is 5.91 Å². The van der Waals surface area contributed by atoms with E-state index in [1.165, 1.54) is 5.56 Å². The van der Waals surface area contributed by atoms with Crippen molar-refractivity contribution in [2.24, 2.45) is 5.73 Å². The van der Waals surface area contributed by atoms with Gasteiger partial charge in [-0.1, -0.05) is 46.8 Å². The van der Waals surface area contributed by atoms with Crippen molar-refractivity contribution in [3.8, 4) is 5.75 Å². The molecule has 1 unspecified atom stereocenters. The highest BCUT2D eigenvalue weighted by atomic mass is 16.5. The van der Waals surface area contributed by atoms with E-state index in [-0.39, 0.29) is 18.1 Å². The number of carbonyl (C=O) groups is 1. The van der Waals surface area contributed by atoms with Crippen LogP contribution < -0.4 is 15.8 Å². The van der Waals surface area contributed by atoms with Crippen molar-refractivity contribution in [1.82, 2.24) is 5.32 Å². The Morgan fingerprint density at radius 3 is 2.20 bits per heavy atom. The first-order chi connectivity index (χ1) is 9.20. The lowest BCUT2D eigenvalue weighted by atomic mass is 9.87. The van der Waals surface area contributed by atoms with Crippen LogP contribution in [0.3, 0.4) is 0 Å². The van der Waals surface area contributed by atoms with Gasteiger partial charge in [0.25, 0.3) is 0 Å². The van der Waals surface area contributed by atoms with Crippen molar-refractivity contribution < 1.29 is 9.53 Å². The van der Waals surface area contributed by atoms with Crippen molar-refractivity contribution in [2.45, 2.75) is 52.1 Å². The number of primary amides is 1. The molecule has 20 heavy (non-hydrogen) atoms. The summed E-state index contributed by atoms with van der Waals surface area (Å²) >= 11 is 0. The number of rotatable bonds is 6. The topological polar surface area (TPSA) is 64.3 Å². The molecule has 112 valence electrons. The fourth-order valence-electron chi connectivity index (χ4n) is 1.85. The molecule has 0 saturated heterocycles. The summed E-state index contributed by atoms with van der Waals surface area (Å²) in [5.41, 5.74) is 6.71. The van der Waals surface area contributed by atoms with E-state index in [1.807, 2.05) is 38.1 Å². The molecule has 0 radical (unpaired) electrons. The average Bonchev–Trinajstić information content (AvgIpc) is 2.33. The quantitative estimate of drug-likeness (QED) is 0.838. The molecular formula is C16H26N2O2. The molecule has 3 N–H and O–H groups in total. The van der Waals surface area contributed by atoms with Crippen LogP contribution in [0, 0.1) is 0 Å². The number of hydrogen-bond acceptors (Lipinski definition) is 3. The molecule has 0 saturated carbocycles. The lowest BCUT2D eigenvalue weighted by molar-refractivity contribution is -0.120. The van der Waals surface area contributed by atoms with Gasteiger partial charge in [-0.3, -0.25) is 4.79 Å². The molecule has 1 aromatic carbocycles. The summed E-state index contributed by atoms with van der Waals surface area (Å²) in [5, 5.41) is 3.09. The van der Waals surface area contributed by atoms with Crippen LogP contribution in [0.5, 0.6) is 5.75 Å². The highest BCUT2D eigenvalue weighted by Crippen LogP contribution is 2.24. The van der Waals surface area contributed by atoms with Gasteiger partial charge in [-0.25, -0.2) is 0 Å². The van der Waals surface area contributed by atoms with E-state index in [4.69, 9.17) is 10.5 Å². The van der Waals surface area contributed by atoms with E-state index in [0.717, 1.165) is 5.75 Å². The Balaban J connectivity index is 2.62. The van der Waals surface area contributed by atoms with Crippen LogP contribution in [-0.4, -0.2) is 24.6 Å². The third-order valence-corrected chi connectivity index (χ3v) is 3.01. The van der Waals surface area contributed by atoms with Crippen molar-refractivity contribution >= 4 is 5.91 Å². The molecule has 1 atom stereocenters. The fraction of sp³-hybridized carbons (Fsp3) is 0.562. The minimum Gasteiger partial charge on any atom is -0.491 e. The maximum atomic E-state index is 11.3. The number of ether oxygens (including phenoxy) is 1. The van der Waals surface area contributed by atoms with Crippen LogP contribution >= 0.6 is 0 Å². The minimum absolute atomic E-state index is 0.119. The molecule has 0 aliphatic rings. The normalized spacial score (nSPS) is 13.3. The van der Waals surface area contributed by atoms with E-state index in [1.54, 1.807) is 0 Å². The SMILES string of the molecule is CC(C)NC(COc1ccc(C(C)(C)C)cc1)C(N)=O. The third kappa shape index (κ3) is 5.21. The van der Waals surface area contributed by atoms with Crippen LogP contribution in [-0.2, 0) is 10.2 Å². The molecular weight excluding hydrogens is 252 g/mol. The van der Waals surface area contributed by atoms with E-state index in [0.29, 0.717) is 0 Å². The van der Waals surface area contributed by atoms with Gasteiger partial charge in [-0.05, 0) is 23.1 Å². The zero-order chi connectivity index (χ0) is 15.3. The Labute approximate surface area is 121 Å². The lowest BCUT2D eigenvalue weighted by Crippen LogP contribution is -2.48. The maximum Gasteiger partial charge on any atom is 0.238 e. The molecule has 0 aromatic heterocycles. The molecule has 0 bridgehead atoms. The zero-order valence-corrected chi connectivity index (χ0v) is 13.1. The summed E-state index contributed by atoms with van der Waals surface area (Å²) < 4.78 is 5.63. The Hall–Kier alpha value is -1.55. The number of nitrogens with two attached hydrogens (primary N) is 1. The van der Waals surface area contributed by atoms with Crippen molar-refractivity contribution in [3.63, 3.8) is 0 Å². The lowest BCUT2D eigenvalue weighted by Gasteiger charge is -2.20. The van der Waals surface area contributed by atoms with Gasteiger partial charge in [-0.2, -0.15) is 0 Å². The van der Waals surface area contributed by atoms with E-state index in [2.05, 4.69) is 26.1 Å². The second kappa shape index (κ2) is 6.75. The summed E-state index contributed by atoms with van der Waals surface area (Å²) in [4.78, 5) is 11.3. The number of benzene rings is 1. The summed E-state index contributed by atoms with van der Waals surface area (Å²) in [6.07, 6.45) is 0. The van der Waals surface area contributed by atoms with Crippen molar-refractivity contribution in [1.29, 1.82) is 0 Å². The average molecular weight is 278 g/mol. The van der Waals surface area contributed by atoms with Gasteiger partial charge in [0.15, 0.2) is 0 Å². The molecule has 0 aliphatic carbocycles. The first-order valence-electron chi connectivity index (χ1n) is 6.99. The number of carbonyl (C=O) groups excluding carboxylic acids is 1. The third-order valence-electron chi connectivity index (χ3n) is 3.01. The maximum absolute atomic E-state index is 11.3. The molecule has 0 heterocycles. The monoisotopic (exact) mass is 278 g/mol. The Morgan fingerprint density at radius 1 is 1.25 bits per heavy atom. The van der Waals surface area contributed by atoms with E-state index in [9.17, 15) is 4.79 Å². The number of hydrogen-bond donors (Lipinski definition) is 2. The van der Waals surface area contributed by atoms with Crippen LogP contribution in [0.15, 0.2) is 24.3 Å². The van der Waals surface area contributed by atoms with Gasteiger partial charge < -0.3 is 15.8 Å². The first-order valence-corrected chi connectivity index (χ1v) is 6.99. The van der Waals surface area contributed by atoms with Crippen molar-refractivity contribution in [3.05, 3.63) is 29.8 Å². The first kappa shape index (κ1) is 16.5. The van der Waals surface area contributed by atoms with Crippen LogP contribution in [0.4, 0.5) is 0 Å². The van der Waals surface area contributed by atoms with Gasteiger partial charge in [0, 0.05) is 6.04 Å². The molecule has 1 amide bonds.